The molecule has 0 bridgehead atoms. The van der Waals surface area contributed by atoms with E-state index >= 15 is 0 Å². The van der Waals surface area contributed by atoms with Crippen LogP contribution in [0.4, 0.5) is 0 Å². The molecular formula is C16H13N3O3. The van der Waals surface area contributed by atoms with Crippen LogP contribution in [0.25, 0.3) is 23.0 Å². The molecule has 6 heteroatoms. The highest BCUT2D eigenvalue weighted by molar-refractivity contribution is 5.79. The van der Waals surface area contributed by atoms with Gasteiger partial charge in [-0.05, 0) is 24.3 Å². The lowest BCUT2D eigenvalue weighted by atomic mass is 10.1. The number of nitrogens with one attached hydrogen (secondary N) is 1. The van der Waals surface area contributed by atoms with E-state index in [1.54, 1.807) is 42.6 Å². The number of nitrogens with zero attached hydrogens (tertiary/aromatic N) is 2. The number of fused-ring (bicyclic) bond motifs is 1. The number of hydrogen-bond donors (Lipinski definition) is 2. The highest BCUT2D eigenvalue weighted by Crippen LogP contribution is 2.24. The van der Waals surface area contributed by atoms with Crippen LogP contribution in [-0.2, 0) is 0 Å². The summed E-state index contributed by atoms with van der Waals surface area (Å²) < 4.78 is 5.19. The standard InChI is InChI=1S/C16H13N3O3/c1-22-14-7-3-2-5-10(14)13(20)9-12-16(21)19-11-6-4-8-17-15(11)18-12/h2-9,20H,1H3,(H,19,21)/b13-9-. The molecule has 0 spiro atoms. The van der Waals surface area contributed by atoms with E-state index in [4.69, 9.17) is 4.74 Å². The minimum Gasteiger partial charge on any atom is -0.507 e. The van der Waals surface area contributed by atoms with Crippen molar-refractivity contribution in [3.8, 4) is 5.75 Å². The summed E-state index contributed by atoms with van der Waals surface area (Å²) in [6.07, 6.45) is 2.88. The number of aromatic nitrogens is 3. The Kier molecular flexibility index (Phi) is 3.57. The van der Waals surface area contributed by atoms with E-state index in [0.29, 0.717) is 22.5 Å². The molecule has 6 nitrogen and oxygen atoms in total. The maximum atomic E-state index is 12.0. The van der Waals surface area contributed by atoms with Gasteiger partial charge in [0, 0.05) is 12.3 Å². The quantitative estimate of drug-likeness (QED) is 0.724. The summed E-state index contributed by atoms with van der Waals surface area (Å²) in [5.41, 5.74) is 1.10. The Morgan fingerprint density at radius 1 is 1.27 bits per heavy atom. The largest absolute Gasteiger partial charge is 0.507 e. The van der Waals surface area contributed by atoms with Crippen molar-refractivity contribution in [3.05, 3.63) is 64.2 Å². The Hall–Kier alpha value is -3.15. The topological polar surface area (TPSA) is 88.1 Å². The van der Waals surface area contributed by atoms with Crippen LogP contribution < -0.4 is 10.3 Å². The number of aliphatic hydroxyl groups is 1. The zero-order valence-electron chi connectivity index (χ0n) is 11.8. The van der Waals surface area contributed by atoms with Crippen LogP contribution in [0.5, 0.6) is 5.75 Å². The lowest BCUT2D eigenvalue weighted by Gasteiger charge is -2.07. The second kappa shape index (κ2) is 5.69. The minimum absolute atomic E-state index is 0.0783. The fourth-order valence-corrected chi connectivity index (χ4v) is 2.10. The molecule has 22 heavy (non-hydrogen) atoms. The number of ether oxygens (including phenoxy) is 1. The van der Waals surface area contributed by atoms with E-state index in [1.807, 2.05) is 0 Å². The van der Waals surface area contributed by atoms with E-state index in [2.05, 4.69) is 15.0 Å². The van der Waals surface area contributed by atoms with Gasteiger partial charge in [-0.15, -0.1) is 0 Å². The molecule has 0 amide bonds. The fraction of sp³-hybridized carbons (Fsp3) is 0.0625. The minimum atomic E-state index is -0.401. The van der Waals surface area contributed by atoms with Gasteiger partial charge >= 0.3 is 0 Å². The van der Waals surface area contributed by atoms with Crippen molar-refractivity contribution < 1.29 is 9.84 Å². The predicted octanol–water partition coefficient (Wildman–Crippen LogP) is 2.38. The SMILES string of the molecule is COc1ccccc1/C(O)=C/c1nc2ncccc2[nH]c1=O. The molecule has 2 heterocycles. The Morgan fingerprint density at radius 2 is 2.09 bits per heavy atom. The van der Waals surface area contributed by atoms with Crippen molar-refractivity contribution in [2.75, 3.05) is 7.11 Å². The summed E-state index contributed by atoms with van der Waals surface area (Å²) in [4.78, 5) is 22.9. The first-order valence-electron chi connectivity index (χ1n) is 6.58. The third kappa shape index (κ3) is 2.54. The smallest absolute Gasteiger partial charge is 0.274 e. The highest BCUT2D eigenvalue weighted by atomic mass is 16.5. The van der Waals surface area contributed by atoms with E-state index in [9.17, 15) is 9.90 Å². The zero-order chi connectivity index (χ0) is 15.5. The number of hydrogen-bond acceptors (Lipinski definition) is 5. The molecule has 0 saturated heterocycles. The molecule has 3 aromatic rings. The van der Waals surface area contributed by atoms with Gasteiger partial charge in [0.05, 0.1) is 18.2 Å². The van der Waals surface area contributed by atoms with Crippen LogP contribution in [-0.4, -0.2) is 27.2 Å². The summed E-state index contributed by atoms with van der Waals surface area (Å²) >= 11 is 0. The molecule has 1 aromatic carbocycles. The number of methoxy groups -OCH3 is 1. The first-order chi connectivity index (χ1) is 10.7. The number of benzene rings is 1. The zero-order valence-corrected chi connectivity index (χ0v) is 11.8. The van der Waals surface area contributed by atoms with Gasteiger partial charge in [-0.3, -0.25) is 4.79 Å². The summed E-state index contributed by atoms with van der Waals surface area (Å²) in [6.45, 7) is 0. The Morgan fingerprint density at radius 3 is 2.91 bits per heavy atom. The van der Waals surface area contributed by atoms with Gasteiger partial charge in [0.2, 0.25) is 0 Å². The summed E-state index contributed by atoms with van der Waals surface area (Å²) in [7, 11) is 1.51. The van der Waals surface area contributed by atoms with Crippen LogP contribution in [0.1, 0.15) is 11.3 Å². The van der Waals surface area contributed by atoms with Gasteiger partial charge in [-0.25, -0.2) is 9.97 Å². The molecular weight excluding hydrogens is 282 g/mol. The fourth-order valence-electron chi connectivity index (χ4n) is 2.10. The van der Waals surface area contributed by atoms with Gasteiger partial charge in [0.1, 0.15) is 17.2 Å². The molecule has 110 valence electrons. The van der Waals surface area contributed by atoms with Crippen molar-refractivity contribution in [3.63, 3.8) is 0 Å². The summed E-state index contributed by atoms with van der Waals surface area (Å²) in [5, 5.41) is 10.3. The van der Waals surface area contributed by atoms with Gasteiger partial charge in [0.15, 0.2) is 5.65 Å². The summed E-state index contributed by atoms with van der Waals surface area (Å²) in [6, 6.07) is 10.4. The number of aliphatic hydroxyl groups excluding tert-OH is 1. The maximum Gasteiger partial charge on any atom is 0.274 e. The predicted molar refractivity (Wildman–Crippen MR) is 83.7 cm³/mol. The lowest BCUT2D eigenvalue weighted by Crippen LogP contribution is -2.12. The van der Waals surface area contributed by atoms with Crippen molar-refractivity contribution in [2.24, 2.45) is 0 Å². The Labute approximate surface area is 125 Å². The average Bonchev–Trinajstić information content (AvgIpc) is 2.55. The molecule has 2 aromatic heterocycles. The Bertz CT molecular complexity index is 916. The summed E-state index contributed by atoms with van der Waals surface area (Å²) in [5.74, 6) is 0.400. The maximum absolute atomic E-state index is 12.0. The molecule has 3 rings (SSSR count). The average molecular weight is 295 g/mol. The van der Waals surface area contributed by atoms with Crippen molar-refractivity contribution in [2.45, 2.75) is 0 Å². The van der Waals surface area contributed by atoms with Gasteiger partial charge in [-0.2, -0.15) is 0 Å². The van der Waals surface area contributed by atoms with E-state index in [0.717, 1.165) is 0 Å². The molecule has 0 saturated carbocycles. The van der Waals surface area contributed by atoms with E-state index in [1.165, 1.54) is 13.2 Å². The molecule has 2 N–H and O–H groups in total. The van der Waals surface area contributed by atoms with Crippen LogP contribution in [0.15, 0.2) is 47.4 Å². The molecule has 0 radical (unpaired) electrons. The third-order valence-electron chi connectivity index (χ3n) is 3.15. The van der Waals surface area contributed by atoms with Crippen molar-refractivity contribution in [1.29, 1.82) is 0 Å². The Balaban J connectivity index is 2.11. The second-order valence-electron chi connectivity index (χ2n) is 4.56. The van der Waals surface area contributed by atoms with Crippen LogP contribution in [0.3, 0.4) is 0 Å². The molecule has 0 atom stereocenters. The normalized spacial score (nSPS) is 11.6. The van der Waals surface area contributed by atoms with E-state index < -0.39 is 5.56 Å². The molecule has 0 aliphatic rings. The third-order valence-corrected chi connectivity index (χ3v) is 3.15. The highest BCUT2D eigenvalue weighted by Gasteiger charge is 2.09. The molecule has 0 unspecified atom stereocenters. The van der Waals surface area contributed by atoms with Gasteiger partial charge in [0.25, 0.3) is 5.56 Å². The number of rotatable bonds is 3. The lowest BCUT2D eigenvalue weighted by molar-refractivity contribution is 0.409. The second-order valence-corrected chi connectivity index (χ2v) is 4.56. The number of aromatic amines is 1. The number of pyridine rings is 1. The van der Waals surface area contributed by atoms with E-state index in [-0.39, 0.29) is 11.5 Å². The van der Waals surface area contributed by atoms with Gasteiger partial charge in [-0.1, -0.05) is 12.1 Å². The van der Waals surface area contributed by atoms with Gasteiger partial charge < -0.3 is 14.8 Å². The van der Waals surface area contributed by atoms with Crippen LogP contribution in [0, 0.1) is 0 Å². The van der Waals surface area contributed by atoms with Crippen LogP contribution >= 0.6 is 0 Å². The number of H-pyrrole nitrogens is 1. The number of para-hydroxylation sites is 1. The van der Waals surface area contributed by atoms with Crippen LogP contribution in [0.2, 0.25) is 0 Å². The first kappa shape index (κ1) is 13.8. The molecule has 0 aliphatic carbocycles. The molecule has 0 fully saturated rings. The monoisotopic (exact) mass is 295 g/mol. The molecule has 0 aliphatic heterocycles. The van der Waals surface area contributed by atoms with Crippen molar-refractivity contribution >= 4 is 23.0 Å². The first-order valence-corrected chi connectivity index (χ1v) is 6.58. The van der Waals surface area contributed by atoms with Crippen molar-refractivity contribution in [1.82, 2.24) is 15.0 Å².